The number of anilines is 2. The van der Waals surface area contributed by atoms with Crippen molar-refractivity contribution in [1.82, 2.24) is 4.98 Å². The maximum absolute atomic E-state index is 13.0. The van der Waals surface area contributed by atoms with Crippen molar-refractivity contribution in [2.75, 3.05) is 11.9 Å². The normalized spacial score (nSPS) is 10.9. The summed E-state index contributed by atoms with van der Waals surface area (Å²) >= 11 is 0. The van der Waals surface area contributed by atoms with Crippen LogP contribution in [0.4, 0.5) is 15.9 Å². The van der Waals surface area contributed by atoms with E-state index in [0.717, 1.165) is 22.8 Å². The van der Waals surface area contributed by atoms with Crippen LogP contribution in [0.1, 0.15) is 31.0 Å². The molecule has 0 unspecified atom stereocenters. The average Bonchev–Trinajstić information content (AvgIpc) is 2.46. The van der Waals surface area contributed by atoms with Crippen LogP contribution in [0.5, 0.6) is 0 Å². The van der Waals surface area contributed by atoms with Crippen molar-refractivity contribution in [1.29, 1.82) is 0 Å². The van der Waals surface area contributed by atoms with Gasteiger partial charge in [0.1, 0.15) is 11.6 Å². The fourth-order valence-corrected chi connectivity index (χ4v) is 1.98. The molecule has 4 heteroatoms. The van der Waals surface area contributed by atoms with E-state index >= 15 is 0 Å². The molecule has 0 aliphatic carbocycles. The van der Waals surface area contributed by atoms with E-state index in [4.69, 9.17) is 5.73 Å². The second-order valence-electron chi connectivity index (χ2n) is 5.15. The van der Waals surface area contributed by atoms with Crippen LogP contribution in [-0.2, 0) is 6.54 Å². The van der Waals surface area contributed by atoms with Crippen molar-refractivity contribution >= 4 is 11.5 Å². The third-order valence-electron chi connectivity index (χ3n) is 3.28. The van der Waals surface area contributed by atoms with Crippen LogP contribution < -0.4 is 10.6 Å². The minimum Gasteiger partial charge on any atom is -0.329 e. The van der Waals surface area contributed by atoms with Crippen LogP contribution in [0, 0.1) is 5.82 Å². The lowest BCUT2D eigenvalue weighted by molar-refractivity contribution is 0.628. The largest absolute Gasteiger partial charge is 0.329 e. The number of hydrogen-bond acceptors (Lipinski definition) is 3. The molecule has 106 valence electrons. The maximum Gasteiger partial charge on any atom is 0.133 e. The van der Waals surface area contributed by atoms with Crippen molar-refractivity contribution in [2.24, 2.45) is 5.73 Å². The number of halogens is 1. The number of nitrogens with zero attached hydrogens (tertiary/aromatic N) is 2. The molecule has 3 nitrogen and oxygen atoms in total. The van der Waals surface area contributed by atoms with Gasteiger partial charge in [0, 0.05) is 25.0 Å². The Morgan fingerprint density at radius 1 is 1.20 bits per heavy atom. The summed E-state index contributed by atoms with van der Waals surface area (Å²) in [6.45, 7) is 4.68. The molecule has 2 rings (SSSR count). The van der Waals surface area contributed by atoms with Gasteiger partial charge in [0.05, 0.1) is 0 Å². The number of nitrogens with two attached hydrogens (primary N) is 1. The molecule has 0 amide bonds. The van der Waals surface area contributed by atoms with E-state index < -0.39 is 0 Å². The minimum absolute atomic E-state index is 0.242. The van der Waals surface area contributed by atoms with Crippen molar-refractivity contribution < 1.29 is 4.39 Å². The van der Waals surface area contributed by atoms with Gasteiger partial charge in [-0.2, -0.15) is 0 Å². The standard InChI is InChI=1S/C16H20FN3/c1-11(2)15-8-12(10-18)9-16(19-15)20(3)14-6-4-13(17)5-7-14/h4-9,11H,10,18H2,1-3H3. The van der Waals surface area contributed by atoms with Gasteiger partial charge in [-0.25, -0.2) is 9.37 Å². The highest BCUT2D eigenvalue weighted by molar-refractivity contribution is 5.59. The molecule has 0 spiro atoms. The highest BCUT2D eigenvalue weighted by atomic mass is 19.1. The molecule has 0 atom stereocenters. The Kier molecular flexibility index (Phi) is 4.35. The van der Waals surface area contributed by atoms with Crippen LogP contribution in [-0.4, -0.2) is 12.0 Å². The molecule has 0 saturated heterocycles. The van der Waals surface area contributed by atoms with Crippen LogP contribution >= 0.6 is 0 Å². The molecule has 2 N–H and O–H groups in total. The first kappa shape index (κ1) is 14.5. The van der Waals surface area contributed by atoms with E-state index in [0.29, 0.717) is 12.5 Å². The first-order chi connectivity index (χ1) is 9.51. The van der Waals surface area contributed by atoms with E-state index in [9.17, 15) is 4.39 Å². The van der Waals surface area contributed by atoms with Crippen LogP contribution in [0.3, 0.4) is 0 Å². The molecule has 20 heavy (non-hydrogen) atoms. The molecule has 1 heterocycles. The zero-order valence-corrected chi connectivity index (χ0v) is 12.1. The number of aromatic nitrogens is 1. The Balaban J connectivity index is 2.40. The van der Waals surface area contributed by atoms with Gasteiger partial charge in [-0.05, 0) is 47.9 Å². The molecule has 0 bridgehead atoms. The summed E-state index contributed by atoms with van der Waals surface area (Å²) < 4.78 is 13.0. The Morgan fingerprint density at radius 2 is 1.85 bits per heavy atom. The number of rotatable bonds is 4. The van der Waals surface area contributed by atoms with Gasteiger partial charge >= 0.3 is 0 Å². The summed E-state index contributed by atoms with van der Waals surface area (Å²) in [6.07, 6.45) is 0. The van der Waals surface area contributed by atoms with Crippen molar-refractivity contribution in [2.45, 2.75) is 26.3 Å². The lowest BCUT2D eigenvalue weighted by Gasteiger charge is -2.20. The summed E-state index contributed by atoms with van der Waals surface area (Å²) in [7, 11) is 1.92. The van der Waals surface area contributed by atoms with Crippen LogP contribution in [0.2, 0.25) is 0 Å². The molecule has 0 saturated carbocycles. The molecular formula is C16H20FN3. The quantitative estimate of drug-likeness (QED) is 0.926. The monoisotopic (exact) mass is 273 g/mol. The smallest absolute Gasteiger partial charge is 0.133 e. The summed E-state index contributed by atoms with van der Waals surface area (Å²) in [5.41, 5.74) is 8.70. The summed E-state index contributed by atoms with van der Waals surface area (Å²) in [4.78, 5) is 6.59. The van der Waals surface area contributed by atoms with E-state index in [1.165, 1.54) is 12.1 Å². The summed E-state index contributed by atoms with van der Waals surface area (Å²) in [5.74, 6) is 0.916. The average molecular weight is 273 g/mol. The minimum atomic E-state index is -0.242. The van der Waals surface area contributed by atoms with Gasteiger partial charge < -0.3 is 10.6 Å². The van der Waals surface area contributed by atoms with Crippen molar-refractivity contribution in [3.63, 3.8) is 0 Å². The number of pyridine rings is 1. The predicted octanol–water partition coefficient (Wildman–Crippen LogP) is 3.57. The van der Waals surface area contributed by atoms with Crippen LogP contribution in [0.15, 0.2) is 36.4 Å². The van der Waals surface area contributed by atoms with E-state index in [1.54, 1.807) is 12.1 Å². The Bertz CT molecular complexity index is 579. The lowest BCUT2D eigenvalue weighted by Crippen LogP contribution is -2.13. The topological polar surface area (TPSA) is 42.1 Å². The summed E-state index contributed by atoms with van der Waals surface area (Å²) in [5, 5.41) is 0. The Labute approximate surface area is 119 Å². The van der Waals surface area contributed by atoms with Gasteiger partial charge in [0.2, 0.25) is 0 Å². The molecule has 0 fully saturated rings. The molecule has 0 radical (unpaired) electrons. The predicted molar refractivity (Wildman–Crippen MR) is 80.7 cm³/mol. The first-order valence-electron chi connectivity index (χ1n) is 6.71. The zero-order chi connectivity index (χ0) is 14.7. The summed E-state index contributed by atoms with van der Waals surface area (Å²) in [6, 6.07) is 10.4. The van der Waals surface area contributed by atoms with Gasteiger partial charge in [0.25, 0.3) is 0 Å². The molecule has 2 aromatic rings. The maximum atomic E-state index is 13.0. The van der Waals surface area contributed by atoms with Crippen molar-refractivity contribution in [3.05, 3.63) is 53.5 Å². The third-order valence-corrected chi connectivity index (χ3v) is 3.28. The van der Waals surface area contributed by atoms with Crippen LogP contribution in [0.25, 0.3) is 0 Å². The Hall–Kier alpha value is -1.94. The van der Waals surface area contributed by atoms with Gasteiger partial charge in [0.15, 0.2) is 0 Å². The second-order valence-corrected chi connectivity index (χ2v) is 5.15. The molecule has 1 aromatic carbocycles. The fraction of sp³-hybridized carbons (Fsp3) is 0.312. The van der Waals surface area contributed by atoms with E-state index in [2.05, 4.69) is 18.8 Å². The molecule has 1 aromatic heterocycles. The molecule has 0 aliphatic heterocycles. The van der Waals surface area contributed by atoms with Crippen molar-refractivity contribution in [3.8, 4) is 0 Å². The first-order valence-corrected chi connectivity index (χ1v) is 6.71. The fourth-order valence-electron chi connectivity index (χ4n) is 1.98. The second kappa shape index (κ2) is 6.01. The van der Waals surface area contributed by atoms with E-state index in [1.807, 2.05) is 24.1 Å². The third kappa shape index (κ3) is 3.14. The van der Waals surface area contributed by atoms with Gasteiger partial charge in [-0.1, -0.05) is 13.8 Å². The highest BCUT2D eigenvalue weighted by Crippen LogP contribution is 2.25. The molecule has 0 aliphatic rings. The van der Waals surface area contributed by atoms with Gasteiger partial charge in [-0.15, -0.1) is 0 Å². The SMILES string of the molecule is CC(C)c1cc(CN)cc(N(C)c2ccc(F)cc2)n1. The number of hydrogen-bond donors (Lipinski definition) is 1. The number of benzene rings is 1. The van der Waals surface area contributed by atoms with Gasteiger partial charge in [-0.3, -0.25) is 0 Å². The lowest BCUT2D eigenvalue weighted by atomic mass is 10.1. The zero-order valence-electron chi connectivity index (χ0n) is 12.1. The molecular weight excluding hydrogens is 253 g/mol. The highest BCUT2D eigenvalue weighted by Gasteiger charge is 2.10. The van der Waals surface area contributed by atoms with E-state index in [-0.39, 0.29) is 5.82 Å². The Morgan fingerprint density at radius 3 is 2.40 bits per heavy atom.